The molecule has 18 heavy (non-hydrogen) atoms. The van der Waals surface area contributed by atoms with E-state index < -0.39 is 0 Å². The van der Waals surface area contributed by atoms with Crippen LogP contribution in [0.1, 0.15) is 30.7 Å². The predicted octanol–water partition coefficient (Wildman–Crippen LogP) is 3.70. The Kier molecular flexibility index (Phi) is 3.92. The first kappa shape index (κ1) is 12.6. The summed E-state index contributed by atoms with van der Waals surface area (Å²) < 4.78 is 5.78. The van der Waals surface area contributed by atoms with E-state index in [0.29, 0.717) is 0 Å². The van der Waals surface area contributed by atoms with Gasteiger partial charge in [0.25, 0.3) is 0 Å². The molecule has 3 rings (SSSR count). The number of hydrogen-bond donors (Lipinski definition) is 0. The summed E-state index contributed by atoms with van der Waals surface area (Å²) in [5.41, 5.74) is 3.34. The highest BCUT2D eigenvalue weighted by Gasteiger charge is 2.15. The van der Waals surface area contributed by atoms with Crippen LogP contribution in [0.5, 0.6) is 11.6 Å². The average Bonchev–Trinajstić information content (AvgIpc) is 2.60. The van der Waals surface area contributed by atoms with Gasteiger partial charge >= 0.3 is 0 Å². The van der Waals surface area contributed by atoms with Gasteiger partial charge in [0.15, 0.2) is 5.75 Å². The minimum atomic E-state index is 0.720. The van der Waals surface area contributed by atoms with Crippen LogP contribution in [0.2, 0.25) is 0 Å². The molecule has 0 fully saturated rings. The third kappa shape index (κ3) is 2.50. The molecule has 1 aliphatic heterocycles. The Morgan fingerprint density at radius 1 is 1.17 bits per heavy atom. The van der Waals surface area contributed by atoms with Crippen molar-refractivity contribution >= 4 is 0 Å². The van der Waals surface area contributed by atoms with Crippen LogP contribution in [-0.2, 0) is 12.8 Å². The Balaban J connectivity index is 0.000000574. The van der Waals surface area contributed by atoms with Gasteiger partial charge in [-0.3, -0.25) is 4.98 Å². The fourth-order valence-corrected chi connectivity index (χ4v) is 1.95. The molecule has 2 aromatic heterocycles. The van der Waals surface area contributed by atoms with Crippen molar-refractivity contribution in [3.05, 3.63) is 47.4 Å². The molecule has 0 saturated heterocycles. The van der Waals surface area contributed by atoms with Gasteiger partial charge in [-0.2, -0.15) is 0 Å². The minimum Gasteiger partial charge on any atom is -0.437 e. The first-order valence-corrected chi connectivity index (χ1v) is 6.40. The Hall–Kier alpha value is -1.90. The highest BCUT2D eigenvalue weighted by molar-refractivity contribution is 5.39. The fourth-order valence-electron chi connectivity index (χ4n) is 1.95. The first-order valence-electron chi connectivity index (χ1n) is 6.40. The Labute approximate surface area is 108 Å². The van der Waals surface area contributed by atoms with Crippen LogP contribution >= 0.6 is 0 Å². The van der Waals surface area contributed by atoms with Crippen molar-refractivity contribution in [1.29, 1.82) is 0 Å². The van der Waals surface area contributed by atoms with E-state index in [1.807, 2.05) is 39.1 Å². The normalized spacial score (nSPS) is 12.2. The predicted molar refractivity (Wildman–Crippen MR) is 72.0 cm³/mol. The van der Waals surface area contributed by atoms with Crippen LogP contribution in [-0.4, -0.2) is 9.97 Å². The van der Waals surface area contributed by atoms with Gasteiger partial charge in [-0.05, 0) is 43.5 Å². The van der Waals surface area contributed by atoms with Gasteiger partial charge in [0.2, 0.25) is 5.88 Å². The number of aromatic nitrogens is 2. The third-order valence-corrected chi connectivity index (χ3v) is 2.75. The van der Waals surface area contributed by atoms with Gasteiger partial charge in [-0.25, -0.2) is 4.98 Å². The first-order chi connectivity index (χ1) is 8.83. The number of fused-ring (bicyclic) bond motifs is 2. The molecule has 3 heterocycles. The Morgan fingerprint density at radius 3 is 2.83 bits per heavy atom. The van der Waals surface area contributed by atoms with Gasteiger partial charge in [0, 0.05) is 18.0 Å². The standard InChI is InChI=1S/C13H12N2O.C2H6/c1-9-7-10-4-5-11-12(3-2-6-14-11)16-13(10)15-8-9;1-2/h2-3,6-8H,4-5H2,1H3;1-2H3. The van der Waals surface area contributed by atoms with Crippen LogP contribution in [0.4, 0.5) is 0 Å². The fraction of sp³-hybridized carbons (Fsp3) is 0.333. The van der Waals surface area contributed by atoms with E-state index in [-0.39, 0.29) is 0 Å². The Morgan fingerprint density at radius 2 is 2.00 bits per heavy atom. The molecule has 2 aromatic rings. The van der Waals surface area contributed by atoms with Crippen molar-refractivity contribution in [2.75, 3.05) is 0 Å². The highest BCUT2D eigenvalue weighted by Crippen LogP contribution is 2.30. The SMILES string of the molecule is CC.Cc1cnc2c(c1)CCc1ncccc1O2. The average molecular weight is 242 g/mol. The van der Waals surface area contributed by atoms with E-state index in [9.17, 15) is 0 Å². The van der Waals surface area contributed by atoms with Gasteiger partial charge < -0.3 is 4.74 Å². The van der Waals surface area contributed by atoms with Crippen molar-refractivity contribution in [3.63, 3.8) is 0 Å². The zero-order chi connectivity index (χ0) is 13.0. The van der Waals surface area contributed by atoms with Crippen LogP contribution in [0.3, 0.4) is 0 Å². The minimum absolute atomic E-state index is 0.720. The van der Waals surface area contributed by atoms with Crippen molar-refractivity contribution in [1.82, 2.24) is 9.97 Å². The third-order valence-electron chi connectivity index (χ3n) is 2.75. The summed E-state index contributed by atoms with van der Waals surface area (Å²) in [6.07, 6.45) is 5.49. The quantitative estimate of drug-likeness (QED) is 0.706. The lowest BCUT2D eigenvalue weighted by Crippen LogP contribution is -1.92. The smallest absolute Gasteiger partial charge is 0.222 e. The van der Waals surface area contributed by atoms with Crippen molar-refractivity contribution < 1.29 is 4.74 Å². The van der Waals surface area contributed by atoms with Crippen LogP contribution < -0.4 is 4.74 Å². The van der Waals surface area contributed by atoms with Gasteiger partial charge in [0.05, 0.1) is 5.69 Å². The zero-order valence-corrected chi connectivity index (χ0v) is 11.1. The summed E-state index contributed by atoms with van der Waals surface area (Å²) in [7, 11) is 0. The van der Waals surface area contributed by atoms with Crippen LogP contribution in [0, 0.1) is 6.92 Å². The number of ether oxygens (including phenoxy) is 1. The second-order valence-corrected chi connectivity index (χ2v) is 4.03. The summed E-state index contributed by atoms with van der Waals surface area (Å²) in [5.74, 6) is 1.55. The molecule has 0 N–H and O–H groups in total. The summed E-state index contributed by atoms with van der Waals surface area (Å²) in [6, 6.07) is 5.96. The molecule has 0 atom stereocenters. The molecule has 0 bridgehead atoms. The largest absolute Gasteiger partial charge is 0.437 e. The molecule has 1 aliphatic rings. The van der Waals surface area contributed by atoms with Gasteiger partial charge in [-0.15, -0.1) is 0 Å². The van der Waals surface area contributed by atoms with Crippen molar-refractivity contribution in [2.45, 2.75) is 33.6 Å². The van der Waals surface area contributed by atoms with E-state index in [1.54, 1.807) is 6.20 Å². The summed E-state index contributed by atoms with van der Waals surface area (Å²) in [6.45, 7) is 6.05. The molecule has 0 spiro atoms. The Bertz CT molecular complexity index is 538. The van der Waals surface area contributed by atoms with E-state index in [4.69, 9.17) is 4.74 Å². The monoisotopic (exact) mass is 242 g/mol. The molecule has 0 radical (unpaired) electrons. The maximum atomic E-state index is 5.78. The van der Waals surface area contributed by atoms with Crippen molar-refractivity contribution in [3.8, 4) is 11.6 Å². The molecule has 94 valence electrons. The molecule has 0 amide bonds. The van der Waals surface area contributed by atoms with E-state index in [1.165, 1.54) is 5.56 Å². The van der Waals surface area contributed by atoms with Crippen LogP contribution in [0.15, 0.2) is 30.6 Å². The molecule has 0 unspecified atom stereocenters. The second kappa shape index (κ2) is 5.63. The molecule has 0 aromatic carbocycles. The van der Waals surface area contributed by atoms with Gasteiger partial charge in [0.1, 0.15) is 0 Å². The number of nitrogens with zero attached hydrogens (tertiary/aromatic N) is 2. The summed E-state index contributed by atoms with van der Waals surface area (Å²) >= 11 is 0. The maximum absolute atomic E-state index is 5.78. The lowest BCUT2D eigenvalue weighted by atomic mass is 10.1. The lowest BCUT2D eigenvalue weighted by Gasteiger charge is -2.06. The molecule has 3 nitrogen and oxygen atoms in total. The second-order valence-electron chi connectivity index (χ2n) is 4.03. The van der Waals surface area contributed by atoms with Crippen LogP contribution in [0.25, 0.3) is 0 Å². The van der Waals surface area contributed by atoms with E-state index >= 15 is 0 Å². The molecule has 0 aliphatic carbocycles. The number of hydrogen-bond acceptors (Lipinski definition) is 3. The molecule has 0 saturated carbocycles. The topological polar surface area (TPSA) is 35.0 Å². The summed E-state index contributed by atoms with van der Waals surface area (Å²) in [4.78, 5) is 8.66. The van der Waals surface area contributed by atoms with E-state index in [0.717, 1.165) is 35.7 Å². The maximum Gasteiger partial charge on any atom is 0.222 e. The molecule has 3 heteroatoms. The molecular formula is C15H18N2O. The van der Waals surface area contributed by atoms with Crippen molar-refractivity contribution in [2.24, 2.45) is 0 Å². The molecular weight excluding hydrogens is 224 g/mol. The zero-order valence-electron chi connectivity index (χ0n) is 11.1. The number of pyridine rings is 2. The number of aryl methyl sites for hydroxylation is 3. The van der Waals surface area contributed by atoms with E-state index in [2.05, 4.69) is 16.0 Å². The lowest BCUT2D eigenvalue weighted by molar-refractivity contribution is 0.457. The highest BCUT2D eigenvalue weighted by atomic mass is 16.5. The van der Waals surface area contributed by atoms with Gasteiger partial charge in [-0.1, -0.05) is 13.8 Å². The number of rotatable bonds is 0. The summed E-state index contributed by atoms with van der Waals surface area (Å²) in [5, 5.41) is 0.